The first-order chi connectivity index (χ1) is 12.5. The third-order valence-electron chi connectivity index (χ3n) is 4.44. The fraction of sp³-hybridized carbons (Fsp3) is 0.350. The molecule has 2 atom stereocenters. The molecule has 1 aliphatic rings. The molecule has 0 amide bonds. The summed E-state index contributed by atoms with van der Waals surface area (Å²) in [5, 5.41) is 0. The van der Waals surface area contributed by atoms with Crippen molar-refractivity contribution in [1.29, 1.82) is 0 Å². The maximum absolute atomic E-state index is 12.3. The number of halogens is 1. The number of rotatable bonds is 5. The second-order valence-electron chi connectivity index (χ2n) is 6.35. The molecule has 0 aromatic heterocycles. The van der Waals surface area contributed by atoms with Gasteiger partial charge in [-0.15, -0.1) is 6.04 Å². The summed E-state index contributed by atoms with van der Waals surface area (Å²) in [6, 6.07) is 16.8. The van der Waals surface area contributed by atoms with Crippen molar-refractivity contribution in [2.75, 3.05) is 0 Å². The van der Waals surface area contributed by atoms with Crippen molar-refractivity contribution < 1.29 is 25.7 Å². The van der Waals surface area contributed by atoms with E-state index in [1.54, 1.807) is 0 Å². The first kappa shape index (κ1) is 24.3. The zero-order chi connectivity index (χ0) is 19.0. The molecule has 0 heterocycles. The summed E-state index contributed by atoms with van der Waals surface area (Å²) in [4.78, 5) is 0. The number of hydrogen-bond donors (Lipinski definition) is 0. The molecule has 4 nitrogen and oxygen atoms in total. The van der Waals surface area contributed by atoms with E-state index >= 15 is 0 Å². The maximum atomic E-state index is 12.3. The van der Waals surface area contributed by atoms with Gasteiger partial charge < -0.3 is 17.9 Å². The van der Waals surface area contributed by atoms with Gasteiger partial charge in [0.15, 0.2) is 0 Å². The van der Waals surface area contributed by atoms with Crippen LogP contribution in [0.25, 0.3) is 21.6 Å². The second-order valence-corrected chi connectivity index (χ2v) is 8.02. The van der Waals surface area contributed by atoms with Crippen LogP contribution in [0.4, 0.5) is 0 Å². The van der Waals surface area contributed by atoms with Crippen molar-refractivity contribution in [1.82, 2.24) is 0 Å². The van der Waals surface area contributed by atoms with Crippen molar-refractivity contribution in [3.05, 3.63) is 78.0 Å². The topological polar surface area (TPSA) is 72.0 Å². The van der Waals surface area contributed by atoms with Crippen molar-refractivity contribution in [3.63, 3.8) is 0 Å². The third-order valence-corrected chi connectivity index (χ3v) is 5.73. The van der Waals surface area contributed by atoms with Gasteiger partial charge in [0.1, 0.15) is 0 Å². The molecule has 2 aromatic rings. The van der Waals surface area contributed by atoms with Crippen LogP contribution in [-0.4, -0.2) is 20.5 Å². The van der Waals surface area contributed by atoms with E-state index in [1.807, 2.05) is 71.9 Å². The molecule has 0 aliphatic heterocycles. The van der Waals surface area contributed by atoms with Gasteiger partial charge in [0.05, 0.1) is 15.8 Å². The molecule has 2 unspecified atom stereocenters. The van der Waals surface area contributed by atoms with Gasteiger partial charge in [-0.2, -0.15) is 6.04 Å². The van der Waals surface area contributed by atoms with Crippen LogP contribution in [0.2, 0.25) is 0 Å². The summed E-state index contributed by atoms with van der Waals surface area (Å²) in [6.07, 6.45) is 3.42. The Labute approximate surface area is 177 Å². The molecule has 2 aromatic carbocycles. The van der Waals surface area contributed by atoms with Crippen LogP contribution in [-0.2, 0) is 33.1 Å². The molecule has 7 heteroatoms. The van der Waals surface area contributed by atoms with E-state index in [2.05, 4.69) is 14.4 Å². The van der Waals surface area contributed by atoms with E-state index in [0.29, 0.717) is 6.42 Å². The Morgan fingerprint density at radius 2 is 1.52 bits per heavy atom. The summed E-state index contributed by atoms with van der Waals surface area (Å²) >= 11 is 1.82. The van der Waals surface area contributed by atoms with Crippen LogP contribution in [0.1, 0.15) is 31.2 Å². The minimum absolute atomic E-state index is 0. The van der Waals surface area contributed by atoms with Gasteiger partial charge in [0.2, 0.25) is 0 Å². The summed E-state index contributed by atoms with van der Waals surface area (Å²) in [6.45, 7) is 0. The quantitative estimate of drug-likeness (QED) is 0.375. The standard InChI is InChI=1S/C19H22N2O2S.CH3.ClH.Ru/c20-18-8-4-5-9-19(18)21-24(22,23)14-15-10-12-17(13-11-15)16-6-2-1-3-7-16;;;/h1-3,6-7,10-13,18-20H,4-5,8-9,14H2;1H3;1H;/q-2;-1;;+4/p-1. The Kier molecular flexibility index (Phi) is 10.7. The Balaban J connectivity index is 0.00000118. The first-order valence-electron chi connectivity index (χ1n) is 8.47. The SMILES string of the molecule is [CH3-].[Cl][Ru+3].[NH-]C1CCCCC1[N-]S(=O)(=O)Cc1ccc(-c2ccccc2)cc1. The van der Waals surface area contributed by atoms with E-state index in [9.17, 15) is 8.42 Å². The molecule has 0 radical (unpaired) electrons. The first-order valence-corrected chi connectivity index (χ1v) is 12.3. The molecule has 1 fully saturated rings. The molecular weight excluding hydrogens is 469 g/mol. The molecule has 0 saturated heterocycles. The molecule has 0 spiro atoms. The average molecular weight is 494 g/mol. The molecule has 148 valence electrons. The van der Waals surface area contributed by atoms with Gasteiger partial charge in [-0.05, 0) is 16.7 Å². The van der Waals surface area contributed by atoms with Crippen LogP contribution in [0.15, 0.2) is 54.6 Å². The van der Waals surface area contributed by atoms with Crippen molar-refractivity contribution in [2.24, 2.45) is 0 Å². The Morgan fingerprint density at radius 3 is 2.11 bits per heavy atom. The number of nitrogens with zero attached hydrogens (tertiary/aromatic N) is 1. The maximum Gasteiger partial charge on any atom is 0.0765 e. The predicted molar refractivity (Wildman–Crippen MR) is 110 cm³/mol. The zero-order valence-electron chi connectivity index (χ0n) is 15.3. The van der Waals surface area contributed by atoms with Gasteiger partial charge in [-0.3, -0.25) is 0 Å². The Hall–Kier alpha value is -0.777. The largest absolute Gasteiger partial charge is 0.676 e. The fourth-order valence-electron chi connectivity index (χ4n) is 3.12. The normalized spacial score (nSPS) is 19.3. The smallest absolute Gasteiger partial charge is 0.0765 e. The molecule has 27 heavy (non-hydrogen) atoms. The molecule has 3 rings (SSSR count). The van der Waals surface area contributed by atoms with Gasteiger partial charge in [-0.25, -0.2) is 8.42 Å². The molecule has 1 saturated carbocycles. The summed E-state index contributed by atoms with van der Waals surface area (Å²) in [5.41, 5.74) is 10.9. The van der Waals surface area contributed by atoms with E-state index in [1.165, 1.54) is 0 Å². The third kappa shape index (κ3) is 7.63. The Bertz CT molecular complexity index is 770. The van der Waals surface area contributed by atoms with Crippen molar-refractivity contribution in [3.8, 4) is 11.1 Å². The van der Waals surface area contributed by atoms with E-state index in [0.717, 1.165) is 36.0 Å². The number of sulfonamides is 1. The number of benzene rings is 2. The van der Waals surface area contributed by atoms with Gasteiger partial charge in [-0.1, -0.05) is 80.3 Å². The van der Waals surface area contributed by atoms with E-state index < -0.39 is 10.0 Å². The summed E-state index contributed by atoms with van der Waals surface area (Å²) in [7, 11) is 1.03. The number of hydrogen-bond acceptors (Lipinski definition) is 2. The molecule has 1 aliphatic carbocycles. The molecule has 1 N–H and O–H groups in total. The van der Waals surface area contributed by atoms with Crippen LogP contribution in [0.5, 0.6) is 0 Å². The monoisotopic (exact) mass is 494 g/mol. The second kappa shape index (κ2) is 11.9. The van der Waals surface area contributed by atoms with Gasteiger partial charge in [0.25, 0.3) is 0 Å². The van der Waals surface area contributed by atoms with Gasteiger partial charge in [0, 0.05) is 0 Å². The van der Waals surface area contributed by atoms with E-state index in [-0.39, 0.29) is 25.3 Å². The van der Waals surface area contributed by atoms with Crippen LogP contribution in [0, 0.1) is 7.43 Å². The average Bonchev–Trinajstić information content (AvgIpc) is 2.66. The van der Waals surface area contributed by atoms with Crippen molar-refractivity contribution in [2.45, 2.75) is 43.5 Å². The van der Waals surface area contributed by atoms with E-state index in [4.69, 9.17) is 5.73 Å². The molecular formula is C20H25ClN2O2RuS. The van der Waals surface area contributed by atoms with Gasteiger partial charge >= 0.3 is 27.0 Å². The number of nitrogens with one attached hydrogen (secondary N) is 1. The molecule has 0 bridgehead atoms. The minimum atomic E-state index is -3.54. The van der Waals surface area contributed by atoms with Crippen LogP contribution >= 0.6 is 9.69 Å². The zero-order valence-corrected chi connectivity index (χ0v) is 18.6. The minimum Gasteiger partial charge on any atom is -0.676 e. The van der Waals surface area contributed by atoms with Crippen LogP contribution < -0.4 is 0 Å². The predicted octanol–water partition coefficient (Wildman–Crippen LogP) is 6.06. The van der Waals surface area contributed by atoms with Crippen molar-refractivity contribution >= 4 is 19.7 Å². The fourth-order valence-corrected chi connectivity index (χ4v) is 4.47. The Morgan fingerprint density at radius 1 is 0.963 bits per heavy atom. The summed E-state index contributed by atoms with van der Waals surface area (Å²) in [5.74, 6) is -0.0920. The summed E-state index contributed by atoms with van der Waals surface area (Å²) < 4.78 is 28.6. The van der Waals surface area contributed by atoms with Crippen LogP contribution in [0.3, 0.4) is 0 Å².